The quantitative estimate of drug-likeness (QED) is 0.730. The van der Waals surface area contributed by atoms with Gasteiger partial charge >= 0.3 is 5.97 Å². The zero-order chi connectivity index (χ0) is 19.8. The summed E-state index contributed by atoms with van der Waals surface area (Å²) in [5.41, 5.74) is -0.739. The zero-order valence-electron chi connectivity index (χ0n) is 18.0. The SMILES string of the molecule is CCC(C)(CC(C)(C)C(=O)O)n1cc[n+](C(C(C)(C)C)C(C)(C)C)c1. The van der Waals surface area contributed by atoms with Crippen LogP contribution in [0.25, 0.3) is 0 Å². The van der Waals surface area contributed by atoms with E-state index in [0.717, 1.165) is 6.42 Å². The Morgan fingerprint density at radius 2 is 1.52 bits per heavy atom. The molecule has 0 aliphatic heterocycles. The molecule has 25 heavy (non-hydrogen) atoms. The van der Waals surface area contributed by atoms with Crippen LogP contribution in [0.3, 0.4) is 0 Å². The lowest BCUT2D eigenvalue weighted by atomic mass is 9.72. The van der Waals surface area contributed by atoms with Crippen LogP contribution in [-0.4, -0.2) is 15.6 Å². The average molecular weight is 352 g/mol. The third-order valence-corrected chi connectivity index (χ3v) is 5.38. The predicted molar refractivity (Wildman–Crippen MR) is 103 cm³/mol. The first kappa shape index (κ1) is 21.7. The van der Waals surface area contributed by atoms with Crippen LogP contribution >= 0.6 is 0 Å². The first-order chi connectivity index (χ1) is 11.0. The molecule has 4 heteroatoms. The van der Waals surface area contributed by atoms with Gasteiger partial charge in [0, 0.05) is 17.3 Å². The highest BCUT2D eigenvalue weighted by Crippen LogP contribution is 2.41. The van der Waals surface area contributed by atoms with E-state index in [2.05, 4.69) is 83.2 Å². The second-order valence-corrected chi connectivity index (χ2v) is 10.6. The van der Waals surface area contributed by atoms with Crippen LogP contribution in [0.4, 0.5) is 0 Å². The monoisotopic (exact) mass is 351 g/mol. The summed E-state index contributed by atoms with van der Waals surface area (Å²) < 4.78 is 4.52. The van der Waals surface area contributed by atoms with Gasteiger partial charge in [-0.15, -0.1) is 0 Å². The molecule has 0 aromatic carbocycles. The molecular formula is C21H39N2O2+. The number of hydrogen-bond acceptors (Lipinski definition) is 1. The van der Waals surface area contributed by atoms with Crippen molar-refractivity contribution in [2.75, 3.05) is 0 Å². The number of nitrogens with zero attached hydrogens (tertiary/aromatic N) is 2. The molecular weight excluding hydrogens is 312 g/mol. The van der Waals surface area contributed by atoms with E-state index in [0.29, 0.717) is 12.5 Å². The molecule has 144 valence electrons. The summed E-state index contributed by atoms with van der Waals surface area (Å²) >= 11 is 0. The normalized spacial score (nSPS) is 16.1. The van der Waals surface area contributed by atoms with Crippen LogP contribution in [0.1, 0.15) is 88.1 Å². The number of imidazole rings is 1. The Bertz CT molecular complexity index is 588. The van der Waals surface area contributed by atoms with Gasteiger partial charge in [-0.2, -0.15) is 0 Å². The molecule has 1 N–H and O–H groups in total. The van der Waals surface area contributed by atoms with Crippen LogP contribution in [0.15, 0.2) is 18.7 Å². The molecule has 0 aliphatic carbocycles. The Morgan fingerprint density at radius 3 is 1.88 bits per heavy atom. The van der Waals surface area contributed by atoms with Gasteiger partial charge < -0.3 is 5.11 Å². The highest BCUT2D eigenvalue weighted by atomic mass is 16.4. The Balaban J connectivity index is 3.30. The number of aromatic nitrogens is 2. The highest BCUT2D eigenvalue weighted by Gasteiger charge is 2.43. The molecule has 0 aliphatic rings. The van der Waals surface area contributed by atoms with E-state index in [1.54, 1.807) is 0 Å². The Morgan fingerprint density at radius 1 is 1.04 bits per heavy atom. The summed E-state index contributed by atoms with van der Waals surface area (Å²) in [6.07, 6.45) is 7.89. The van der Waals surface area contributed by atoms with Gasteiger partial charge in [-0.05, 0) is 27.2 Å². The molecule has 0 saturated carbocycles. The molecule has 1 aromatic heterocycles. The standard InChI is InChI=1S/C21H38N2O2/c1-11-21(10,14-20(8,9)17(24)25)23-13-12-22(15-23)16(18(2,3)4)19(5,6)7/h12-13,15-16H,11,14H2,1-10H3/p+1. The summed E-state index contributed by atoms with van der Waals surface area (Å²) in [5.74, 6) is -0.741. The maximum atomic E-state index is 11.6. The van der Waals surface area contributed by atoms with Crippen molar-refractivity contribution < 1.29 is 14.5 Å². The van der Waals surface area contributed by atoms with E-state index < -0.39 is 11.4 Å². The van der Waals surface area contributed by atoms with Gasteiger partial charge in [0.05, 0.1) is 5.41 Å². The molecule has 0 bridgehead atoms. The molecule has 0 radical (unpaired) electrons. The van der Waals surface area contributed by atoms with Crippen LogP contribution in [-0.2, 0) is 10.3 Å². The minimum absolute atomic E-state index is 0.123. The molecule has 0 fully saturated rings. The van der Waals surface area contributed by atoms with Crippen LogP contribution < -0.4 is 4.57 Å². The van der Waals surface area contributed by atoms with Gasteiger partial charge in [-0.25, -0.2) is 9.13 Å². The fourth-order valence-electron chi connectivity index (χ4n) is 4.46. The fraction of sp³-hybridized carbons (Fsp3) is 0.810. The van der Waals surface area contributed by atoms with E-state index in [1.807, 2.05) is 13.8 Å². The van der Waals surface area contributed by atoms with E-state index in [-0.39, 0.29) is 16.4 Å². The maximum absolute atomic E-state index is 11.6. The molecule has 0 saturated heterocycles. The molecule has 1 unspecified atom stereocenters. The van der Waals surface area contributed by atoms with Gasteiger partial charge in [-0.3, -0.25) is 4.79 Å². The van der Waals surface area contributed by atoms with E-state index in [9.17, 15) is 9.90 Å². The Hall–Kier alpha value is -1.32. The van der Waals surface area contributed by atoms with Crippen molar-refractivity contribution in [3.8, 4) is 0 Å². The van der Waals surface area contributed by atoms with Crippen molar-refractivity contribution >= 4 is 5.97 Å². The third kappa shape index (κ3) is 4.86. The van der Waals surface area contributed by atoms with Crippen molar-refractivity contribution in [2.45, 2.75) is 93.7 Å². The van der Waals surface area contributed by atoms with Crippen LogP contribution in [0.2, 0.25) is 0 Å². The largest absolute Gasteiger partial charge is 0.481 e. The van der Waals surface area contributed by atoms with Gasteiger partial charge in [-0.1, -0.05) is 48.5 Å². The zero-order valence-corrected chi connectivity index (χ0v) is 18.0. The average Bonchev–Trinajstić information content (AvgIpc) is 2.84. The second-order valence-electron chi connectivity index (χ2n) is 10.6. The lowest BCUT2D eigenvalue weighted by Crippen LogP contribution is -2.52. The van der Waals surface area contributed by atoms with Crippen LogP contribution in [0, 0.1) is 16.2 Å². The minimum atomic E-state index is -0.757. The molecule has 1 heterocycles. The summed E-state index contributed by atoms with van der Waals surface area (Å²) in [7, 11) is 0. The highest BCUT2D eigenvalue weighted by molar-refractivity contribution is 5.73. The van der Waals surface area contributed by atoms with Crippen molar-refractivity contribution in [1.29, 1.82) is 0 Å². The smallest absolute Gasteiger partial charge is 0.309 e. The topological polar surface area (TPSA) is 46.1 Å². The molecule has 1 rings (SSSR count). The van der Waals surface area contributed by atoms with Gasteiger partial charge in [0.15, 0.2) is 0 Å². The summed E-state index contributed by atoms with van der Waals surface area (Å²) in [6, 6.07) is 0.342. The lowest BCUT2D eigenvalue weighted by Gasteiger charge is -2.38. The van der Waals surface area contributed by atoms with Crippen molar-refractivity contribution in [3.63, 3.8) is 0 Å². The summed E-state index contributed by atoms with van der Waals surface area (Å²) in [6.45, 7) is 21.6. The van der Waals surface area contributed by atoms with Crippen LogP contribution in [0.5, 0.6) is 0 Å². The third-order valence-electron chi connectivity index (χ3n) is 5.38. The number of carboxylic acids is 1. The number of aliphatic carboxylic acids is 1. The first-order valence-corrected chi connectivity index (χ1v) is 9.37. The molecule has 4 nitrogen and oxygen atoms in total. The molecule has 1 aromatic rings. The van der Waals surface area contributed by atoms with Gasteiger partial charge in [0.25, 0.3) is 0 Å². The van der Waals surface area contributed by atoms with E-state index in [4.69, 9.17) is 0 Å². The molecule has 0 spiro atoms. The lowest BCUT2D eigenvalue weighted by molar-refractivity contribution is -0.748. The predicted octanol–water partition coefficient (Wildman–Crippen LogP) is 5.04. The summed E-state index contributed by atoms with van der Waals surface area (Å²) in [5, 5.41) is 9.54. The summed E-state index contributed by atoms with van der Waals surface area (Å²) in [4.78, 5) is 11.6. The van der Waals surface area contributed by atoms with Crippen molar-refractivity contribution in [1.82, 2.24) is 4.57 Å². The number of carboxylic acid groups (broad SMARTS) is 1. The molecule has 1 atom stereocenters. The first-order valence-electron chi connectivity index (χ1n) is 9.37. The second kappa shape index (κ2) is 6.77. The van der Waals surface area contributed by atoms with Gasteiger partial charge in [0.2, 0.25) is 6.33 Å². The number of hydrogen-bond donors (Lipinski definition) is 1. The number of carbonyl (C=O) groups is 1. The number of rotatable bonds is 6. The van der Waals surface area contributed by atoms with Crippen molar-refractivity contribution in [3.05, 3.63) is 18.7 Å². The Labute approximate surface area is 154 Å². The van der Waals surface area contributed by atoms with Gasteiger partial charge in [0.1, 0.15) is 24.0 Å². The molecule has 0 amide bonds. The Kier molecular flexibility index (Phi) is 5.88. The maximum Gasteiger partial charge on any atom is 0.309 e. The minimum Gasteiger partial charge on any atom is -0.481 e. The fourth-order valence-corrected chi connectivity index (χ4v) is 4.46. The van der Waals surface area contributed by atoms with Crippen molar-refractivity contribution in [2.24, 2.45) is 16.2 Å². The van der Waals surface area contributed by atoms with E-state index in [1.165, 1.54) is 0 Å². The van der Waals surface area contributed by atoms with E-state index >= 15 is 0 Å².